The fraction of sp³-hybridized carbons (Fsp3) is 0.442. The Morgan fingerprint density at radius 1 is 0.480 bits per heavy atom. The lowest BCUT2D eigenvalue weighted by Gasteiger charge is -2.35. The third kappa shape index (κ3) is 9.39. The van der Waals surface area contributed by atoms with Crippen molar-refractivity contribution in [3.63, 3.8) is 0 Å². The molecule has 7 nitrogen and oxygen atoms in total. The molecule has 0 heterocycles. The maximum absolute atomic E-state index is 10.7. The Balaban J connectivity index is 1.33. The van der Waals surface area contributed by atoms with Crippen LogP contribution in [-0.4, -0.2) is 60.1 Å². The minimum Gasteiger partial charge on any atom is -0.491 e. The average Bonchev–Trinajstić information content (AvgIpc) is 3.12. The third-order valence-electron chi connectivity index (χ3n) is 10.1. The average molecular weight is 685 g/mol. The van der Waals surface area contributed by atoms with E-state index in [1.54, 1.807) is 6.92 Å². The van der Waals surface area contributed by atoms with Crippen LogP contribution in [0.15, 0.2) is 97.1 Å². The zero-order chi connectivity index (χ0) is 36.5. The van der Waals surface area contributed by atoms with Crippen LogP contribution >= 0.6 is 0 Å². The molecule has 50 heavy (non-hydrogen) atoms. The molecule has 4 rings (SSSR count). The lowest BCUT2D eigenvalue weighted by atomic mass is 9.68. The molecule has 0 aliphatic rings. The fourth-order valence-electron chi connectivity index (χ4n) is 6.16. The SMILES string of the molecule is CC(O)COc1ccc(C(C)(c2ccc(OCC(O)COc3ccc(C(C)(c4ccc(OC(C)CO)cc4)C(C)C)cc3)cc2)C(C)C)cc1. The number of aliphatic hydroxyl groups is 3. The molecule has 270 valence electrons. The second-order valence-corrected chi connectivity index (χ2v) is 14.4. The van der Waals surface area contributed by atoms with Gasteiger partial charge in [-0.1, -0.05) is 90.1 Å². The van der Waals surface area contributed by atoms with Gasteiger partial charge in [0.25, 0.3) is 0 Å². The van der Waals surface area contributed by atoms with Crippen molar-refractivity contribution >= 4 is 0 Å². The van der Waals surface area contributed by atoms with Gasteiger partial charge in [-0.15, -0.1) is 0 Å². The molecule has 3 N–H and O–H groups in total. The molecular weight excluding hydrogens is 628 g/mol. The molecule has 0 amide bonds. The van der Waals surface area contributed by atoms with Crippen LogP contribution in [0.25, 0.3) is 0 Å². The highest BCUT2D eigenvalue weighted by Gasteiger charge is 2.34. The molecule has 5 unspecified atom stereocenters. The van der Waals surface area contributed by atoms with Crippen LogP contribution in [0.4, 0.5) is 0 Å². The van der Waals surface area contributed by atoms with E-state index in [4.69, 9.17) is 18.9 Å². The molecule has 5 atom stereocenters. The van der Waals surface area contributed by atoms with Gasteiger partial charge >= 0.3 is 0 Å². The molecule has 7 heteroatoms. The largest absolute Gasteiger partial charge is 0.491 e. The van der Waals surface area contributed by atoms with E-state index in [9.17, 15) is 15.3 Å². The van der Waals surface area contributed by atoms with Crippen LogP contribution in [0.1, 0.15) is 77.6 Å². The van der Waals surface area contributed by atoms with Gasteiger partial charge in [0.15, 0.2) is 0 Å². The van der Waals surface area contributed by atoms with Crippen LogP contribution in [0.3, 0.4) is 0 Å². The lowest BCUT2D eigenvalue weighted by molar-refractivity contribution is 0.0626. The van der Waals surface area contributed by atoms with Gasteiger partial charge in [-0.25, -0.2) is 0 Å². The second-order valence-electron chi connectivity index (χ2n) is 14.4. The highest BCUT2D eigenvalue weighted by Crippen LogP contribution is 2.41. The van der Waals surface area contributed by atoms with Crippen LogP contribution in [0.2, 0.25) is 0 Å². The quantitative estimate of drug-likeness (QED) is 0.0979. The van der Waals surface area contributed by atoms with Crippen molar-refractivity contribution in [2.24, 2.45) is 11.8 Å². The zero-order valence-electron chi connectivity index (χ0n) is 30.9. The summed E-state index contributed by atoms with van der Waals surface area (Å²) >= 11 is 0. The van der Waals surface area contributed by atoms with E-state index in [0.29, 0.717) is 23.3 Å². The van der Waals surface area contributed by atoms with Crippen LogP contribution in [0, 0.1) is 11.8 Å². The van der Waals surface area contributed by atoms with Gasteiger partial charge in [0.2, 0.25) is 0 Å². The monoisotopic (exact) mass is 684 g/mol. The van der Waals surface area contributed by atoms with E-state index in [-0.39, 0.29) is 43.4 Å². The maximum Gasteiger partial charge on any atom is 0.122 e. The summed E-state index contributed by atoms with van der Waals surface area (Å²) < 4.78 is 23.3. The van der Waals surface area contributed by atoms with Crippen LogP contribution in [0.5, 0.6) is 23.0 Å². The highest BCUT2D eigenvalue weighted by atomic mass is 16.5. The smallest absolute Gasteiger partial charge is 0.122 e. The van der Waals surface area contributed by atoms with Crippen molar-refractivity contribution in [3.05, 3.63) is 119 Å². The Hall–Kier alpha value is -4.04. The summed E-state index contributed by atoms with van der Waals surface area (Å²) in [5, 5.41) is 29.5. The number of hydrogen-bond donors (Lipinski definition) is 3. The standard InChI is InChI=1S/C43H56O7/c1-29(2)42(7,33-9-17-38(18-10-33)47-26-31(5)45)34-11-19-39(20-12-34)48-27-37(46)28-49-40-21-13-35(14-22-40)43(8,30(3)4)36-15-23-41(24-16-36)50-32(6)25-44/h9-24,29-32,37,44-46H,25-28H2,1-8H3. The predicted molar refractivity (Wildman–Crippen MR) is 200 cm³/mol. The van der Waals surface area contributed by atoms with Crippen molar-refractivity contribution in [1.82, 2.24) is 0 Å². The van der Waals surface area contributed by atoms with Crippen molar-refractivity contribution in [2.45, 2.75) is 84.5 Å². The molecule has 0 radical (unpaired) electrons. The number of ether oxygens (including phenoxy) is 4. The zero-order valence-corrected chi connectivity index (χ0v) is 30.9. The van der Waals surface area contributed by atoms with Gasteiger partial charge in [-0.05, 0) is 96.5 Å². The summed E-state index contributed by atoms with van der Waals surface area (Å²) in [5.41, 5.74) is 4.19. The minimum absolute atomic E-state index is 0.0300. The summed E-state index contributed by atoms with van der Waals surface area (Å²) in [7, 11) is 0. The Bertz CT molecular complexity index is 1580. The molecule has 0 bridgehead atoms. The number of hydrogen-bond acceptors (Lipinski definition) is 7. The molecule has 0 aliphatic carbocycles. The summed E-state index contributed by atoms with van der Waals surface area (Å²) in [6.07, 6.45) is -1.58. The van der Waals surface area contributed by atoms with Crippen molar-refractivity contribution < 1.29 is 34.3 Å². The van der Waals surface area contributed by atoms with E-state index in [1.165, 1.54) is 11.1 Å². The van der Waals surface area contributed by atoms with Crippen LogP contribution < -0.4 is 18.9 Å². The fourth-order valence-corrected chi connectivity index (χ4v) is 6.16. The number of benzene rings is 4. The first-order valence-electron chi connectivity index (χ1n) is 17.7. The van der Waals surface area contributed by atoms with Gasteiger partial charge in [0.1, 0.15) is 55.0 Å². The molecule has 0 aliphatic heterocycles. The van der Waals surface area contributed by atoms with Crippen LogP contribution in [-0.2, 0) is 10.8 Å². The molecule has 4 aromatic rings. The maximum atomic E-state index is 10.7. The number of aliphatic hydroxyl groups excluding tert-OH is 3. The summed E-state index contributed by atoms with van der Waals surface area (Å²) in [6, 6.07) is 32.3. The first-order chi connectivity index (χ1) is 23.8. The van der Waals surface area contributed by atoms with Crippen molar-refractivity contribution in [1.29, 1.82) is 0 Å². The molecule has 0 spiro atoms. The van der Waals surface area contributed by atoms with Gasteiger partial charge in [-0.2, -0.15) is 0 Å². The Kier molecular flexibility index (Phi) is 13.4. The minimum atomic E-state index is -0.806. The van der Waals surface area contributed by atoms with Crippen molar-refractivity contribution in [2.75, 3.05) is 26.4 Å². The summed E-state index contributed by atoms with van der Waals surface area (Å²) in [5.74, 6) is 3.47. The van der Waals surface area contributed by atoms with Gasteiger partial charge < -0.3 is 34.3 Å². The third-order valence-corrected chi connectivity index (χ3v) is 10.1. The summed E-state index contributed by atoms with van der Waals surface area (Å²) in [6.45, 7) is 17.3. The first kappa shape index (κ1) is 38.8. The molecule has 0 saturated carbocycles. The van der Waals surface area contributed by atoms with Gasteiger partial charge in [-0.3, -0.25) is 0 Å². The number of rotatable bonds is 18. The second kappa shape index (κ2) is 17.3. The highest BCUT2D eigenvalue weighted by molar-refractivity contribution is 5.44. The van der Waals surface area contributed by atoms with E-state index in [1.807, 2.05) is 55.5 Å². The molecule has 0 saturated heterocycles. The molecule has 0 aromatic heterocycles. The lowest BCUT2D eigenvalue weighted by Crippen LogP contribution is -2.30. The van der Waals surface area contributed by atoms with Gasteiger partial charge in [0.05, 0.1) is 12.7 Å². The Morgan fingerprint density at radius 3 is 1.06 bits per heavy atom. The van der Waals surface area contributed by atoms with E-state index in [2.05, 4.69) is 90.1 Å². The first-order valence-corrected chi connectivity index (χ1v) is 17.7. The predicted octanol–water partition coefficient (Wildman–Crippen LogP) is 7.95. The molecule has 0 fully saturated rings. The van der Waals surface area contributed by atoms with Crippen molar-refractivity contribution in [3.8, 4) is 23.0 Å². The van der Waals surface area contributed by atoms with E-state index < -0.39 is 12.2 Å². The normalized spacial score (nSPS) is 15.9. The van der Waals surface area contributed by atoms with E-state index >= 15 is 0 Å². The topological polar surface area (TPSA) is 97.6 Å². The Labute approximate surface area is 298 Å². The summed E-state index contributed by atoms with van der Waals surface area (Å²) in [4.78, 5) is 0. The Morgan fingerprint density at radius 2 is 0.780 bits per heavy atom. The van der Waals surface area contributed by atoms with E-state index in [0.717, 1.165) is 22.6 Å². The molecule has 4 aromatic carbocycles. The molecular formula is C43H56O7. The van der Waals surface area contributed by atoms with Gasteiger partial charge in [0, 0.05) is 10.8 Å².